The third-order valence-corrected chi connectivity index (χ3v) is 12.0. The number of hydrogen-bond donors (Lipinski definition) is 0. The molecule has 0 fully saturated rings. The molecule has 0 bridgehead atoms. The lowest BCUT2D eigenvalue weighted by molar-refractivity contribution is -0.384. The number of halogens is 1. The monoisotopic (exact) mass is 427 g/mol. The highest BCUT2D eigenvalue weighted by Gasteiger charge is 2.41. The Balaban J connectivity index is 2.48. The van der Waals surface area contributed by atoms with E-state index in [0.29, 0.717) is 33.5 Å². The first-order valence-electron chi connectivity index (χ1n) is 10.3. The van der Waals surface area contributed by atoms with Gasteiger partial charge in [0, 0.05) is 12.1 Å². The van der Waals surface area contributed by atoms with Gasteiger partial charge in [0.05, 0.1) is 10.5 Å². The van der Waals surface area contributed by atoms with E-state index in [0.717, 1.165) is 0 Å². The van der Waals surface area contributed by atoms with Gasteiger partial charge in [-0.25, -0.2) is 4.39 Å². The number of nitrogens with zero attached hydrogens (tertiary/aromatic N) is 1. The van der Waals surface area contributed by atoms with Crippen molar-refractivity contribution in [2.75, 3.05) is 0 Å². The molecule has 0 N–H and O–H groups in total. The molecule has 0 aliphatic rings. The standard InChI is InChI=1S/C24H30FNO3Si/c1-17(2)30(18(3)4,19(5)6)13-12-21-15-23(26(27)28)10-11-24(21)29-16-20-8-7-9-22(25)14-20/h7-11,14-15,17-19H,16H2,1-6H3. The van der Waals surface area contributed by atoms with Gasteiger partial charge in [-0.1, -0.05) is 59.6 Å². The Morgan fingerprint density at radius 2 is 1.67 bits per heavy atom. The number of hydrogen-bond acceptors (Lipinski definition) is 3. The van der Waals surface area contributed by atoms with E-state index in [2.05, 4.69) is 53.0 Å². The third kappa shape index (κ3) is 5.28. The normalized spacial score (nSPS) is 11.5. The fraction of sp³-hybridized carbons (Fsp3) is 0.417. The Hall–Kier alpha value is -2.65. The van der Waals surface area contributed by atoms with E-state index in [1.54, 1.807) is 18.2 Å². The summed E-state index contributed by atoms with van der Waals surface area (Å²) in [5.74, 6) is 3.39. The first-order chi connectivity index (χ1) is 14.1. The van der Waals surface area contributed by atoms with Crippen LogP contribution in [0.5, 0.6) is 5.75 Å². The largest absolute Gasteiger partial charge is 0.488 e. The summed E-state index contributed by atoms with van der Waals surface area (Å²) in [6, 6.07) is 10.6. The van der Waals surface area contributed by atoms with Gasteiger partial charge in [-0.3, -0.25) is 10.1 Å². The van der Waals surface area contributed by atoms with Crippen molar-refractivity contribution >= 4 is 13.8 Å². The number of nitro groups is 1. The van der Waals surface area contributed by atoms with Crippen LogP contribution in [0.3, 0.4) is 0 Å². The SMILES string of the molecule is CC(C)[Si](C#Cc1cc([N+](=O)[O-])ccc1OCc1cccc(F)c1)(C(C)C)C(C)C. The van der Waals surface area contributed by atoms with Gasteiger partial charge in [-0.2, -0.15) is 0 Å². The van der Waals surface area contributed by atoms with Crippen LogP contribution in [-0.4, -0.2) is 13.0 Å². The molecule has 2 aromatic carbocycles. The van der Waals surface area contributed by atoms with Crippen molar-refractivity contribution in [3.05, 3.63) is 69.5 Å². The van der Waals surface area contributed by atoms with Crippen molar-refractivity contribution in [1.82, 2.24) is 0 Å². The average Bonchev–Trinajstić information content (AvgIpc) is 2.66. The lowest BCUT2D eigenvalue weighted by Crippen LogP contribution is -2.43. The quantitative estimate of drug-likeness (QED) is 0.209. The molecule has 0 saturated carbocycles. The predicted molar refractivity (Wildman–Crippen MR) is 122 cm³/mol. The summed E-state index contributed by atoms with van der Waals surface area (Å²) in [5, 5.41) is 11.3. The molecule has 0 heterocycles. The molecular formula is C24H30FNO3Si. The zero-order valence-electron chi connectivity index (χ0n) is 18.5. The molecule has 0 aliphatic carbocycles. The first kappa shape index (κ1) is 23.6. The van der Waals surface area contributed by atoms with Crippen LogP contribution in [0.4, 0.5) is 10.1 Å². The molecule has 0 unspecified atom stereocenters. The van der Waals surface area contributed by atoms with Crippen molar-refractivity contribution < 1.29 is 14.1 Å². The number of nitro benzene ring substituents is 1. The Labute approximate surface area is 179 Å². The lowest BCUT2D eigenvalue weighted by Gasteiger charge is -2.38. The minimum Gasteiger partial charge on any atom is -0.488 e. The molecule has 0 aromatic heterocycles. The molecule has 0 spiro atoms. The van der Waals surface area contributed by atoms with E-state index in [1.807, 2.05) is 0 Å². The highest BCUT2D eigenvalue weighted by atomic mass is 28.3. The number of ether oxygens (including phenoxy) is 1. The summed E-state index contributed by atoms with van der Waals surface area (Å²) in [6.45, 7) is 13.5. The van der Waals surface area contributed by atoms with Gasteiger partial charge >= 0.3 is 0 Å². The minimum absolute atomic E-state index is 0.0247. The topological polar surface area (TPSA) is 52.4 Å². The Morgan fingerprint density at radius 3 is 2.20 bits per heavy atom. The minimum atomic E-state index is -2.01. The Bertz CT molecular complexity index is 939. The average molecular weight is 428 g/mol. The number of non-ortho nitro benzene ring substituents is 1. The summed E-state index contributed by atoms with van der Waals surface area (Å²) in [6.07, 6.45) is 0. The maximum atomic E-state index is 13.4. The lowest BCUT2D eigenvalue weighted by atomic mass is 10.2. The number of rotatable bonds is 7. The Kier molecular flexibility index (Phi) is 7.80. The van der Waals surface area contributed by atoms with Crippen LogP contribution in [-0.2, 0) is 6.61 Å². The fourth-order valence-electron chi connectivity index (χ4n) is 4.25. The van der Waals surface area contributed by atoms with Crippen molar-refractivity contribution in [1.29, 1.82) is 0 Å². The molecule has 0 saturated heterocycles. The van der Waals surface area contributed by atoms with Gasteiger partial charge < -0.3 is 4.74 Å². The Morgan fingerprint density at radius 1 is 1.03 bits per heavy atom. The molecule has 4 nitrogen and oxygen atoms in total. The van der Waals surface area contributed by atoms with Gasteiger partial charge in [0.2, 0.25) is 0 Å². The second-order valence-corrected chi connectivity index (χ2v) is 14.1. The fourth-order valence-corrected chi connectivity index (χ4v) is 9.47. The van der Waals surface area contributed by atoms with Gasteiger partial charge in [0.1, 0.15) is 26.2 Å². The molecule has 2 aromatic rings. The maximum absolute atomic E-state index is 13.4. The van der Waals surface area contributed by atoms with E-state index in [1.165, 1.54) is 24.3 Å². The van der Waals surface area contributed by atoms with E-state index in [9.17, 15) is 14.5 Å². The summed E-state index contributed by atoms with van der Waals surface area (Å²) < 4.78 is 19.3. The van der Waals surface area contributed by atoms with Crippen LogP contribution < -0.4 is 4.74 Å². The molecule has 0 amide bonds. The smallest absolute Gasteiger partial charge is 0.270 e. The van der Waals surface area contributed by atoms with Crippen LogP contribution in [0, 0.1) is 27.4 Å². The second-order valence-electron chi connectivity index (χ2n) is 8.50. The molecule has 0 radical (unpaired) electrons. The highest BCUT2D eigenvalue weighted by molar-refractivity contribution is 6.90. The molecule has 0 atom stereocenters. The van der Waals surface area contributed by atoms with E-state index >= 15 is 0 Å². The second kappa shape index (κ2) is 9.90. The first-order valence-corrected chi connectivity index (χ1v) is 12.5. The van der Waals surface area contributed by atoms with E-state index < -0.39 is 13.0 Å². The molecule has 30 heavy (non-hydrogen) atoms. The molecule has 160 valence electrons. The molecule has 2 rings (SSSR count). The van der Waals surface area contributed by atoms with Gasteiger partial charge in [-0.15, -0.1) is 5.54 Å². The van der Waals surface area contributed by atoms with Crippen molar-refractivity contribution in [3.8, 4) is 17.2 Å². The van der Waals surface area contributed by atoms with Crippen molar-refractivity contribution in [3.63, 3.8) is 0 Å². The third-order valence-electron chi connectivity index (χ3n) is 5.74. The molecule has 6 heteroatoms. The summed E-state index contributed by atoms with van der Waals surface area (Å²) in [5.41, 5.74) is 6.08. The summed E-state index contributed by atoms with van der Waals surface area (Å²) >= 11 is 0. The van der Waals surface area contributed by atoms with Gasteiger partial charge in [0.25, 0.3) is 5.69 Å². The number of benzene rings is 2. The van der Waals surface area contributed by atoms with Crippen LogP contribution in [0.15, 0.2) is 42.5 Å². The van der Waals surface area contributed by atoms with Crippen LogP contribution in [0.2, 0.25) is 16.6 Å². The maximum Gasteiger partial charge on any atom is 0.270 e. The zero-order chi connectivity index (χ0) is 22.5. The van der Waals surface area contributed by atoms with E-state index in [-0.39, 0.29) is 18.1 Å². The summed E-state index contributed by atoms with van der Waals surface area (Å²) in [4.78, 5) is 10.9. The molecular weight excluding hydrogens is 397 g/mol. The zero-order valence-corrected chi connectivity index (χ0v) is 19.5. The summed E-state index contributed by atoms with van der Waals surface area (Å²) in [7, 11) is -2.01. The van der Waals surface area contributed by atoms with E-state index in [4.69, 9.17) is 4.74 Å². The van der Waals surface area contributed by atoms with Crippen molar-refractivity contribution in [2.24, 2.45) is 0 Å². The van der Waals surface area contributed by atoms with Crippen LogP contribution in [0.1, 0.15) is 52.7 Å². The van der Waals surface area contributed by atoms with Crippen LogP contribution in [0.25, 0.3) is 0 Å². The molecule has 0 aliphatic heterocycles. The highest BCUT2D eigenvalue weighted by Crippen LogP contribution is 2.41. The van der Waals surface area contributed by atoms with Crippen LogP contribution >= 0.6 is 0 Å². The van der Waals surface area contributed by atoms with Gasteiger partial charge in [0.15, 0.2) is 0 Å². The van der Waals surface area contributed by atoms with Gasteiger partial charge in [-0.05, 0) is 40.4 Å². The predicted octanol–water partition coefficient (Wildman–Crippen LogP) is 6.88. The van der Waals surface area contributed by atoms with Crippen molar-refractivity contribution in [2.45, 2.75) is 64.8 Å².